The van der Waals surface area contributed by atoms with Gasteiger partial charge in [-0.2, -0.15) is 0 Å². The molecule has 0 saturated heterocycles. The van der Waals surface area contributed by atoms with Gasteiger partial charge in [-0.1, -0.05) is 18.0 Å². The average Bonchev–Trinajstić information content (AvgIpc) is 3.37. The van der Waals surface area contributed by atoms with Crippen LogP contribution in [0.1, 0.15) is 69.6 Å². The first-order chi connectivity index (χ1) is 33.9. The van der Waals surface area contributed by atoms with Crippen LogP contribution in [0, 0.1) is 5.21 Å². The fourth-order valence-corrected chi connectivity index (χ4v) is 6.16. The number of carbonyl (C=O) groups is 5. The van der Waals surface area contributed by atoms with Crippen molar-refractivity contribution in [1.29, 1.82) is 0 Å². The lowest BCUT2D eigenvalue weighted by atomic mass is 10.0. The molecule has 0 aromatic heterocycles. The van der Waals surface area contributed by atoms with E-state index in [4.69, 9.17) is 37.9 Å². The number of unbranched alkanes of at least 4 members (excludes halogenated alkanes) is 3. The van der Waals surface area contributed by atoms with Gasteiger partial charge in [0, 0.05) is 62.0 Å². The molecule has 5 aromatic rings. The van der Waals surface area contributed by atoms with Crippen LogP contribution >= 0.6 is 0 Å². The highest BCUT2D eigenvalue weighted by Gasteiger charge is 2.23. The maximum atomic E-state index is 13.6. The van der Waals surface area contributed by atoms with Crippen molar-refractivity contribution in [3.63, 3.8) is 0 Å². The highest BCUT2D eigenvalue weighted by molar-refractivity contribution is 6.06. The zero-order valence-corrected chi connectivity index (χ0v) is 39.1. The highest BCUT2D eigenvalue weighted by atomic mass is 16.6. The lowest BCUT2D eigenvalue weighted by Crippen LogP contribution is -2.18. The Kier molecular flexibility index (Phi) is 21.0. The molecule has 0 atom stereocenters. The first kappa shape index (κ1) is 52.5. The Morgan fingerprint density at radius 2 is 0.971 bits per heavy atom. The summed E-state index contributed by atoms with van der Waals surface area (Å²) in [5.74, 6) is -1.60. The third kappa shape index (κ3) is 17.6. The molecule has 70 heavy (non-hydrogen) atoms. The number of benzene rings is 5. The smallest absolute Gasteiger partial charge is 0.344 e. The Hall–Kier alpha value is -8.47. The van der Waals surface area contributed by atoms with E-state index in [2.05, 4.69) is 18.3 Å². The second-order valence-corrected chi connectivity index (χ2v) is 15.3. The summed E-state index contributed by atoms with van der Waals surface area (Å²) in [6.07, 6.45) is 5.79. The minimum absolute atomic E-state index is 0.0268. The Bertz CT molecular complexity index is 2560. The van der Waals surface area contributed by atoms with Crippen LogP contribution in [0.15, 0.2) is 146 Å². The number of azo groups is 1. The van der Waals surface area contributed by atoms with E-state index < -0.39 is 29.8 Å². The predicted molar refractivity (Wildman–Crippen MR) is 259 cm³/mol. The normalized spacial score (nSPS) is 10.8. The number of rotatable bonds is 28. The molecule has 0 unspecified atom stereocenters. The van der Waals surface area contributed by atoms with Crippen LogP contribution in [-0.2, 0) is 23.8 Å². The molecule has 0 amide bonds. The van der Waals surface area contributed by atoms with E-state index in [1.165, 1.54) is 42.5 Å². The SMILES string of the molecule is C=CC(=O)OCCCOc1ccc(OC(=O)c2ccc(C(=O)Oc3ccc(OCCCOC(=O)C=C)cc3)c(C(=O)OCCCCCCOc3ccc(N=[N+]([O-])c4ccc(N(C)C)cc4)cc3)c2)cc1. The highest BCUT2D eigenvalue weighted by Crippen LogP contribution is 2.25. The van der Waals surface area contributed by atoms with Crippen LogP contribution in [0.4, 0.5) is 17.1 Å². The van der Waals surface area contributed by atoms with Crippen molar-refractivity contribution in [2.45, 2.75) is 38.5 Å². The third-order valence-electron chi connectivity index (χ3n) is 9.87. The molecule has 0 N–H and O–H groups in total. The number of nitrogens with zero attached hydrogens (tertiary/aromatic N) is 3. The maximum Gasteiger partial charge on any atom is 0.344 e. The van der Waals surface area contributed by atoms with Crippen molar-refractivity contribution in [3.05, 3.63) is 162 Å². The zero-order valence-electron chi connectivity index (χ0n) is 39.1. The van der Waals surface area contributed by atoms with Crippen molar-refractivity contribution in [3.8, 4) is 28.7 Å². The van der Waals surface area contributed by atoms with Gasteiger partial charge < -0.3 is 48.0 Å². The summed E-state index contributed by atoms with van der Waals surface area (Å²) in [4.78, 5) is 65.3. The molecule has 0 fully saturated rings. The van der Waals surface area contributed by atoms with E-state index in [9.17, 15) is 29.2 Å². The molecule has 5 rings (SSSR count). The summed E-state index contributed by atoms with van der Waals surface area (Å²) >= 11 is 0. The lowest BCUT2D eigenvalue weighted by molar-refractivity contribution is -0.435. The second kappa shape index (κ2) is 28.0. The van der Waals surface area contributed by atoms with Crippen LogP contribution in [0.2, 0.25) is 0 Å². The predicted octanol–water partition coefficient (Wildman–Crippen LogP) is 9.91. The molecule has 366 valence electrons. The van der Waals surface area contributed by atoms with Gasteiger partial charge >= 0.3 is 29.8 Å². The molecule has 17 nitrogen and oxygen atoms in total. The van der Waals surface area contributed by atoms with Crippen LogP contribution in [0.3, 0.4) is 0 Å². The first-order valence-corrected chi connectivity index (χ1v) is 22.4. The van der Waals surface area contributed by atoms with Crippen LogP contribution in [0.25, 0.3) is 0 Å². The largest absolute Gasteiger partial charge is 0.594 e. The van der Waals surface area contributed by atoms with Gasteiger partial charge in [-0.15, -0.1) is 0 Å². The minimum atomic E-state index is -0.874. The zero-order chi connectivity index (χ0) is 50.1. The minimum Gasteiger partial charge on any atom is -0.594 e. The summed E-state index contributed by atoms with van der Waals surface area (Å²) in [6, 6.07) is 30.3. The fraction of sp³-hybridized carbons (Fsp3) is 0.264. The summed E-state index contributed by atoms with van der Waals surface area (Å²) in [5, 5.41) is 16.7. The molecule has 0 bridgehead atoms. The van der Waals surface area contributed by atoms with Gasteiger partial charge in [0.15, 0.2) is 0 Å². The number of hydrogen-bond acceptors (Lipinski definition) is 16. The summed E-state index contributed by atoms with van der Waals surface area (Å²) in [6.45, 7) is 8.05. The van der Waals surface area contributed by atoms with Crippen molar-refractivity contribution >= 4 is 46.9 Å². The molecule has 5 aromatic carbocycles. The molecule has 0 radical (unpaired) electrons. The van der Waals surface area contributed by atoms with Crippen molar-refractivity contribution in [2.24, 2.45) is 5.11 Å². The van der Waals surface area contributed by atoms with Crippen molar-refractivity contribution < 1.29 is 66.7 Å². The average molecular weight is 958 g/mol. The molecule has 0 saturated carbocycles. The Morgan fingerprint density at radius 3 is 1.49 bits per heavy atom. The van der Waals surface area contributed by atoms with Crippen molar-refractivity contribution in [2.75, 3.05) is 58.6 Å². The summed E-state index contributed by atoms with van der Waals surface area (Å²) in [7, 11) is 3.84. The maximum absolute atomic E-state index is 13.6. The van der Waals surface area contributed by atoms with Crippen LogP contribution in [-0.4, -0.2) is 88.4 Å². The van der Waals surface area contributed by atoms with Gasteiger partial charge in [0.2, 0.25) is 5.69 Å². The van der Waals surface area contributed by atoms with E-state index in [0.29, 0.717) is 65.8 Å². The van der Waals surface area contributed by atoms with Crippen molar-refractivity contribution in [1.82, 2.24) is 0 Å². The monoisotopic (exact) mass is 957 g/mol. The quantitative estimate of drug-likeness (QED) is 0.00669. The van der Waals surface area contributed by atoms with E-state index in [-0.39, 0.29) is 61.2 Å². The second-order valence-electron chi connectivity index (χ2n) is 15.3. The third-order valence-corrected chi connectivity index (χ3v) is 9.87. The number of ether oxygens (including phenoxy) is 8. The first-order valence-electron chi connectivity index (χ1n) is 22.4. The Balaban J connectivity index is 1.12. The van der Waals surface area contributed by atoms with E-state index in [0.717, 1.165) is 30.7 Å². The standard InChI is InChI=1S/C53H55N3O14/c1-5-49(57)66-35-11-33-64-43-22-26-45(27-23-43)69-51(59)38-13-30-47(53(61)70-46-28-24-44(25-29-46)65-34-12-36-67-50(58)6-2)48(37-38)52(60)68-32-10-8-7-9-31-63-42-20-14-39(15-21-42)54-56(62)41-18-16-40(17-19-41)55(3)4/h5-6,13-30,37H,1-2,7-12,31-36H2,3-4H3. The van der Waals surface area contributed by atoms with Gasteiger partial charge in [0.05, 0.1) is 56.3 Å². The van der Waals surface area contributed by atoms with E-state index in [1.54, 1.807) is 60.7 Å². The molecule has 0 aliphatic rings. The fourth-order valence-electron chi connectivity index (χ4n) is 6.16. The topological polar surface area (TPSA) is 201 Å². The van der Waals surface area contributed by atoms with Gasteiger partial charge in [-0.25, -0.2) is 24.0 Å². The molecular formula is C53H55N3O14. The molecular weight excluding hydrogens is 903 g/mol. The number of esters is 5. The van der Waals surface area contributed by atoms with Gasteiger partial charge in [-0.05, 0) is 129 Å². The molecule has 0 aliphatic carbocycles. The number of carbonyl (C=O) groups excluding carboxylic acids is 5. The Morgan fingerprint density at radius 1 is 0.514 bits per heavy atom. The molecule has 0 spiro atoms. The van der Waals surface area contributed by atoms with Gasteiger partial charge in [0.25, 0.3) is 0 Å². The van der Waals surface area contributed by atoms with Crippen LogP contribution in [0.5, 0.6) is 28.7 Å². The van der Waals surface area contributed by atoms with E-state index >= 15 is 0 Å². The van der Waals surface area contributed by atoms with Gasteiger partial charge in [0.1, 0.15) is 34.4 Å². The summed E-state index contributed by atoms with van der Waals surface area (Å²) < 4.78 is 43.8. The van der Waals surface area contributed by atoms with Crippen LogP contribution < -0.4 is 28.6 Å². The molecule has 17 heteroatoms. The summed E-state index contributed by atoms with van der Waals surface area (Å²) in [5.41, 5.74) is 1.49. The lowest BCUT2D eigenvalue weighted by Gasteiger charge is -2.12. The molecule has 0 heterocycles. The number of hydrogen-bond donors (Lipinski definition) is 0. The Labute approximate surface area is 406 Å². The van der Waals surface area contributed by atoms with E-state index in [1.807, 2.05) is 31.1 Å². The van der Waals surface area contributed by atoms with Gasteiger partial charge in [-0.3, -0.25) is 0 Å². The number of anilines is 1. The molecule has 0 aliphatic heterocycles.